The van der Waals surface area contributed by atoms with Crippen LogP contribution < -0.4 is 20.1 Å². The van der Waals surface area contributed by atoms with E-state index in [2.05, 4.69) is 34.7 Å². The van der Waals surface area contributed by atoms with Gasteiger partial charge in [0.05, 0.1) is 12.7 Å². The fourth-order valence-electron chi connectivity index (χ4n) is 5.89. The number of guanidine groups is 1. The highest BCUT2D eigenvalue weighted by Gasteiger charge is 2.66. The number of fused-ring (bicyclic) bond motifs is 3. The van der Waals surface area contributed by atoms with Gasteiger partial charge in [-0.3, -0.25) is 4.99 Å². The molecule has 29 heavy (non-hydrogen) atoms. The predicted octanol–water partition coefficient (Wildman–Crippen LogP) is 3.03. The van der Waals surface area contributed by atoms with Crippen LogP contribution in [0.5, 0.6) is 11.5 Å². The number of benzene rings is 1. The van der Waals surface area contributed by atoms with Crippen LogP contribution in [-0.2, 0) is 17.7 Å². The molecule has 4 atom stereocenters. The molecule has 6 nitrogen and oxygen atoms in total. The second-order valence-corrected chi connectivity index (χ2v) is 9.01. The quantitative estimate of drug-likeness (QED) is 0.589. The lowest BCUT2D eigenvalue weighted by Crippen LogP contribution is -2.72. The summed E-state index contributed by atoms with van der Waals surface area (Å²) in [6.45, 7) is 6.36. The van der Waals surface area contributed by atoms with E-state index in [1.807, 2.05) is 14.0 Å². The average molecular weight is 400 g/mol. The van der Waals surface area contributed by atoms with E-state index < -0.39 is 0 Å². The van der Waals surface area contributed by atoms with E-state index in [0.29, 0.717) is 36.6 Å². The molecule has 158 valence electrons. The SMILES string of the molecule is CCOc1cc2c(cc1CNC(=NC)NC1C3CCOC3C13CCC3)OC(C)C2. The average Bonchev–Trinajstić information content (AvgIpc) is 3.24. The van der Waals surface area contributed by atoms with Crippen LogP contribution in [0.2, 0.25) is 0 Å². The summed E-state index contributed by atoms with van der Waals surface area (Å²) in [4.78, 5) is 4.50. The maximum Gasteiger partial charge on any atom is 0.191 e. The van der Waals surface area contributed by atoms with Crippen LogP contribution in [0.3, 0.4) is 0 Å². The van der Waals surface area contributed by atoms with Gasteiger partial charge in [-0.05, 0) is 45.2 Å². The van der Waals surface area contributed by atoms with E-state index in [-0.39, 0.29) is 6.10 Å². The van der Waals surface area contributed by atoms with Crippen LogP contribution in [0.25, 0.3) is 0 Å². The minimum atomic E-state index is 0.232. The Morgan fingerprint density at radius 3 is 2.93 bits per heavy atom. The summed E-state index contributed by atoms with van der Waals surface area (Å²) in [6, 6.07) is 4.75. The standard InChI is InChI=1S/C23H33N3O3/c1-4-27-18-11-15-10-14(2)29-19(15)12-16(18)13-25-22(24-3)26-20-17-6-9-28-21(17)23(20)7-5-8-23/h11-12,14,17,20-21H,4-10,13H2,1-3H3,(H2,24,25,26). The molecule has 0 bridgehead atoms. The Hall–Kier alpha value is -1.95. The molecule has 2 N–H and O–H groups in total. The minimum absolute atomic E-state index is 0.232. The number of nitrogens with zero attached hydrogens (tertiary/aromatic N) is 1. The van der Waals surface area contributed by atoms with Gasteiger partial charge in [0, 0.05) is 55.1 Å². The zero-order chi connectivity index (χ0) is 20.0. The molecular weight excluding hydrogens is 366 g/mol. The van der Waals surface area contributed by atoms with E-state index >= 15 is 0 Å². The highest BCUT2D eigenvalue weighted by Crippen LogP contribution is 2.62. The largest absolute Gasteiger partial charge is 0.494 e. The van der Waals surface area contributed by atoms with E-state index in [1.165, 1.54) is 24.8 Å². The van der Waals surface area contributed by atoms with Crippen molar-refractivity contribution in [1.82, 2.24) is 10.6 Å². The first-order valence-electron chi connectivity index (χ1n) is 11.2. The summed E-state index contributed by atoms with van der Waals surface area (Å²) < 4.78 is 17.9. The lowest BCUT2D eigenvalue weighted by molar-refractivity contribution is -0.171. The van der Waals surface area contributed by atoms with Crippen molar-refractivity contribution in [3.63, 3.8) is 0 Å². The fourth-order valence-corrected chi connectivity index (χ4v) is 5.89. The molecule has 1 saturated heterocycles. The van der Waals surface area contributed by atoms with Gasteiger partial charge in [0.2, 0.25) is 0 Å². The van der Waals surface area contributed by atoms with Crippen molar-refractivity contribution >= 4 is 5.96 Å². The van der Waals surface area contributed by atoms with Crippen molar-refractivity contribution in [3.8, 4) is 11.5 Å². The van der Waals surface area contributed by atoms with Crippen LogP contribution >= 0.6 is 0 Å². The van der Waals surface area contributed by atoms with Crippen LogP contribution in [-0.4, -0.2) is 44.5 Å². The number of aliphatic imine (C=N–C) groups is 1. The molecule has 1 aromatic rings. The van der Waals surface area contributed by atoms with Crippen molar-refractivity contribution in [2.45, 2.75) is 70.7 Å². The number of hydrogen-bond donors (Lipinski definition) is 2. The highest BCUT2D eigenvalue weighted by molar-refractivity contribution is 5.80. The Morgan fingerprint density at radius 1 is 1.34 bits per heavy atom. The first-order valence-corrected chi connectivity index (χ1v) is 11.2. The third kappa shape index (κ3) is 3.07. The minimum Gasteiger partial charge on any atom is -0.494 e. The Labute approximate surface area is 173 Å². The number of rotatable bonds is 5. The van der Waals surface area contributed by atoms with Gasteiger partial charge in [-0.25, -0.2) is 0 Å². The second-order valence-electron chi connectivity index (χ2n) is 9.01. The molecule has 2 aliphatic heterocycles. The number of ether oxygens (including phenoxy) is 3. The van der Waals surface area contributed by atoms with Crippen LogP contribution in [0.1, 0.15) is 50.7 Å². The van der Waals surface area contributed by atoms with Crippen molar-refractivity contribution in [3.05, 3.63) is 23.3 Å². The smallest absolute Gasteiger partial charge is 0.191 e. The summed E-state index contributed by atoms with van der Waals surface area (Å²) in [7, 11) is 1.85. The predicted molar refractivity (Wildman–Crippen MR) is 113 cm³/mol. The van der Waals surface area contributed by atoms with Crippen molar-refractivity contribution in [2.75, 3.05) is 20.3 Å². The van der Waals surface area contributed by atoms with Gasteiger partial charge in [-0.2, -0.15) is 0 Å². The monoisotopic (exact) mass is 399 g/mol. The first-order chi connectivity index (χ1) is 14.1. The molecule has 2 aliphatic carbocycles. The fraction of sp³-hybridized carbons (Fsp3) is 0.696. The highest BCUT2D eigenvalue weighted by atomic mass is 16.5. The van der Waals surface area contributed by atoms with E-state index in [4.69, 9.17) is 14.2 Å². The molecule has 4 unspecified atom stereocenters. The molecule has 0 aromatic heterocycles. The van der Waals surface area contributed by atoms with Crippen molar-refractivity contribution < 1.29 is 14.2 Å². The van der Waals surface area contributed by atoms with Crippen molar-refractivity contribution in [1.29, 1.82) is 0 Å². The lowest BCUT2D eigenvalue weighted by Gasteiger charge is -2.63. The topological polar surface area (TPSA) is 64.1 Å². The Bertz CT molecular complexity index is 805. The summed E-state index contributed by atoms with van der Waals surface area (Å²) in [6.07, 6.45) is 6.68. The first kappa shape index (κ1) is 19.0. The molecule has 4 aliphatic rings. The number of nitrogens with one attached hydrogen (secondary N) is 2. The Morgan fingerprint density at radius 2 is 2.21 bits per heavy atom. The molecule has 6 heteroatoms. The molecular formula is C23H33N3O3. The second kappa shape index (κ2) is 7.38. The lowest BCUT2D eigenvalue weighted by atomic mass is 9.46. The van der Waals surface area contributed by atoms with Gasteiger partial charge < -0.3 is 24.8 Å². The van der Waals surface area contributed by atoms with Gasteiger partial charge in [0.25, 0.3) is 0 Å². The molecule has 1 spiro atoms. The summed E-state index contributed by atoms with van der Waals surface area (Å²) in [5, 5.41) is 7.25. The molecule has 5 rings (SSSR count). The Balaban J connectivity index is 1.27. The Kier molecular flexibility index (Phi) is 4.85. The van der Waals surface area contributed by atoms with Gasteiger partial charge in [-0.15, -0.1) is 0 Å². The zero-order valence-electron chi connectivity index (χ0n) is 17.8. The van der Waals surface area contributed by atoms with E-state index in [0.717, 1.165) is 42.5 Å². The summed E-state index contributed by atoms with van der Waals surface area (Å²) in [5.41, 5.74) is 2.69. The van der Waals surface area contributed by atoms with Crippen LogP contribution in [0.4, 0.5) is 0 Å². The molecule has 1 aromatic carbocycles. The summed E-state index contributed by atoms with van der Waals surface area (Å²) in [5.74, 6) is 3.42. The van der Waals surface area contributed by atoms with E-state index in [1.54, 1.807) is 0 Å². The van der Waals surface area contributed by atoms with Gasteiger partial charge in [0.1, 0.15) is 17.6 Å². The molecule has 0 radical (unpaired) electrons. The van der Waals surface area contributed by atoms with Gasteiger partial charge in [0.15, 0.2) is 5.96 Å². The van der Waals surface area contributed by atoms with Gasteiger partial charge >= 0.3 is 0 Å². The van der Waals surface area contributed by atoms with E-state index in [9.17, 15) is 0 Å². The normalized spacial score (nSPS) is 31.3. The molecule has 3 fully saturated rings. The van der Waals surface area contributed by atoms with Crippen LogP contribution in [0, 0.1) is 11.3 Å². The third-order valence-electron chi connectivity index (χ3n) is 7.38. The summed E-state index contributed by atoms with van der Waals surface area (Å²) >= 11 is 0. The molecule has 2 heterocycles. The maximum atomic E-state index is 6.05. The zero-order valence-corrected chi connectivity index (χ0v) is 17.8. The van der Waals surface area contributed by atoms with Crippen molar-refractivity contribution in [2.24, 2.45) is 16.3 Å². The number of hydrogen-bond acceptors (Lipinski definition) is 4. The third-order valence-corrected chi connectivity index (χ3v) is 7.38. The molecule has 2 saturated carbocycles. The molecule has 0 amide bonds. The van der Waals surface area contributed by atoms with Crippen LogP contribution in [0.15, 0.2) is 17.1 Å². The van der Waals surface area contributed by atoms with Gasteiger partial charge in [-0.1, -0.05) is 6.42 Å². The maximum absolute atomic E-state index is 6.05.